The molecule has 1 aromatic heterocycles. The number of aryl methyl sites for hydroxylation is 1. The van der Waals surface area contributed by atoms with E-state index in [1.807, 2.05) is 60.7 Å². The molecule has 0 unspecified atom stereocenters. The summed E-state index contributed by atoms with van der Waals surface area (Å²) < 4.78 is 0. The van der Waals surface area contributed by atoms with Crippen molar-refractivity contribution in [1.29, 1.82) is 0 Å². The molecule has 0 saturated carbocycles. The van der Waals surface area contributed by atoms with Crippen LogP contribution < -0.4 is 10.6 Å². The van der Waals surface area contributed by atoms with Crippen LogP contribution in [0.2, 0.25) is 0 Å². The molecular formula is C35H26N4O2. The Labute approximate surface area is 237 Å². The summed E-state index contributed by atoms with van der Waals surface area (Å²) in [6.07, 6.45) is 0. The van der Waals surface area contributed by atoms with Gasteiger partial charge in [0.05, 0.1) is 16.9 Å². The Balaban J connectivity index is 1.23. The lowest BCUT2D eigenvalue weighted by Crippen LogP contribution is -2.15. The van der Waals surface area contributed by atoms with Gasteiger partial charge in [-0.05, 0) is 55.5 Å². The normalized spacial score (nSPS) is 10.8. The van der Waals surface area contributed by atoms with Gasteiger partial charge in [0.15, 0.2) is 5.78 Å². The topological polar surface area (TPSA) is 84.0 Å². The maximum Gasteiger partial charge on any atom is 0.255 e. The van der Waals surface area contributed by atoms with Gasteiger partial charge >= 0.3 is 0 Å². The molecular weight excluding hydrogens is 508 g/mol. The van der Waals surface area contributed by atoms with E-state index in [1.54, 1.807) is 60.7 Å². The van der Waals surface area contributed by atoms with Gasteiger partial charge < -0.3 is 10.6 Å². The van der Waals surface area contributed by atoms with E-state index in [4.69, 9.17) is 9.97 Å². The minimum Gasteiger partial charge on any atom is -0.324 e. The Kier molecular flexibility index (Phi) is 7.03. The number of aromatic nitrogens is 2. The number of carbonyl (C=O) groups is 2. The van der Waals surface area contributed by atoms with Gasteiger partial charge in [0.2, 0.25) is 5.95 Å². The van der Waals surface area contributed by atoms with Gasteiger partial charge in [-0.25, -0.2) is 9.97 Å². The fourth-order valence-electron chi connectivity index (χ4n) is 4.68. The van der Waals surface area contributed by atoms with Crippen molar-refractivity contribution in [2.24, 2.45) is 0 Å². The fourth-order valence-corrected chi connectivity index (χ4v) is 4.68. The van der Waals surface area contributed by atoms with Crippen molar-refractivity contribution in [3.05, 3.63) is 150 Å². The van der Waals surface area contributed by atoms with E-state index >= 15 is 0 Å². The van der Waals surface area contributed by atoms with E-state index in [0.29, 0.717) is 28.3 Å². The van der Waals surface area contributed by atoms with Crippen LogP contribution in [0.25, 0.3) is 22.2 Å². The summed E-state index contributed by atoms with van der Waals surface area (Å²) in [5.74, 6) is 0.000718. The molecule has 41 heavy (non-hydrogen) atoms. The van der Waals surface area contributed by atoms with Crippen LogP contribution in [0, 0.1) is 6.92 Å². The van der Waals surface area contributed by atoms with E-state index in [9.17, 15) is 9.59 Å². The van der Waals surface area contributed by atoms with Crippen LogP contribution in [-0.2, 0) is 0 Å². The molecule has 0 aliphatic rings. The molecule has 6 heteroatoms. The summed E-state index contributed by atoms with van der Waals surface area (Å²) in [5, 5.41) is 7.16. The fraction of sp³-hybridized carbons (Fsp3) is 0.0286. The standard InChI is InChI=1S/C35H26N4O2/c1-23-16-21-31-29(22-23)32(24-10-4-2-5-11-24)39-35(38-31)36-27-19-17-26(18-20-27)34(41)37-30-15-9-8-14-28(30)33(40)25-12-6-3-7-13-25/h2-22H,1H3,(H,37,41)(H,36,38,39). The van der Waals surface area contributed by atoms with Crippen LogP contribution in [0.5, 0.6) is 0 Å². The Morgan fingerprint density at radius 2 is 1.34 bits per heavy atom. The third-order valence-electron chi connectivity index (χ3n) is 6.76. The minimum atomic E-state index is -0.312. The average molecular weight is 535 g/mol. The quantitative estimate of drug-likeness (QED) is 0.204. The molecule has 0 aliphatic heterocycles. The van der Waals surface area contributed by atoms with E-state index in [-0.39, 0.29) is 11.7 Å². The number of amides is 1. The van der Waals surface area contributed by atoms with E-state index in [1.165, 1.54) is 0 Å². The van der Waals surface area contributed by atoms with E-state index in [2.05, 4.69) is 23.6 Å². The summed E-state index contributed by atoms with van der Waals surface area (Å²) in [6.45, 7) is 2.05. The molecule has 0 saturated heterocycles. The molecule has 0 fully saturated rings. The largest absolute Gasteiger partial charge is 0.324 e. The first-order valence-corrected chi connectivity index (χ1v) is 13.3. The van der Waals surface area contributed by atoms with E-state index in [0.717, 1.165) is 33.4 Å². The third kappa shape index (κ3) is 5.58. The molecule has 6 nitrogen and oxygen atoms in total. The van der Waals surface area contributed by atoms with Gasteiger partial charge in [-0.15, -0.1) is 0 Å². The molecule has 2 N–H and O–H groups in total. The van der Waals surface area contributed by atoms with Crippen molar-refractivity contribution >= 4 is 39.9 Å². The second-order valence-electron chi connectivity index (χ2n) is 9.68. The Bertz CT molecular complexity index is 1870. The molecule has 0 spiro atoms. The van der Waals surface area contributed by atoms with E-state index < -0.39 is 0 Å². The summed E-state index contributed by atoms with van der Waals surface area (Å²) in [5.41, 5.74) is 6.49. The molecule has 198 valence electrons. The second-order valence-corrected chi connectivity index (χ2v) is 9.68. The summed E-state index contributed by atoms with van der Waals surface area (Å²) in [4.78, 5) is 35.7. The first-order valence-electron chi connectivity index (χ1n) is 13.3. The zero-order valence-electron chi connectivity index (χ0n) is 22.3. The van der Waals surface area contributed by atoms with Crippen molar-refractivity contribution in [3.8, 4) is 11.3 Å². The number of nitrogens with zero attached hydrogens (tertiary/aromatic N) is 2. The van der Waals surface area contributed by atoms with Gasteiger partial charge in [0, 0.05) is 33.3 Å². The highest BCUT2D eigenvalue weighted by atomic mass is 16.1. The van der Waals surface area contributed by atoms with Crippen molar-refractivity contribution in [3.63, 3.8) is 0 Å². The molecule has 6 rings (SSSR count). The smallest absolute Gasteiger partial charge is 0.255 e. The molecule has 1 amide bonds. The maximum absolute atomic E-state index is 13.1. The van der Waals surface area contributed by atoms with Crippen LogP contribution in [0.1, 0.15) is 31.8 Å². The maximum atomic E-state index is 13.1. The highest BCUT2D eigenvalue weighted by Gasteiger charge is 2.16. The summed E-state index contributed by atoms with van der Waals surface area (Å²) >= 11 is 0. The number of carbonyl (C=O) groups excluding carboxylic acids is 2. The minimum absolute atomic E-state index is 0.151. The predicted molar refractivity (Wildman–Crippen MR) is 164 cm³/mol. The number of hydrogen-bond donors (Lipinski definition) is 2. The van der Waals surface area contributed by atoms with Gasteiger partial charge in [-0.2, -0.15) is 0 Å². The first kappa shape index (κ1) is 25.6. The van der Waals surface area contributed by atoms with Crippen molar-refractivity contribution in [2.45, 2.75) is 6.92 Å². The zero-order valence-corrected chi connectivity index (χ0v) is 22.3. The lowest BCUT2D eigenvalue weighted by atomic mass is 10.0. The molecule has 0 bridgehead atoms. The van der Waals surface area contributed by atoms with Crippen LogP contribution >= 0.6 is 0 Å². The average Bonchev–Trinajstić information content (AvgIpc) is 3.02. The van der Waals surface area contributed by atoms with Gasteiger partial charge in [-0.1, -0.05) is 84.4 Å². The van der Waals surface area contributed by atoms with Crippen LogP contribution in [0.15, 0.2) is 127 Å². The second kappa shape index (κ2) is 11.2. The molecule has 6 aromatic rings. The highest BCUT2D eigenvalue weighted by Crippen LogP contribution is 2.29. The lowest BCUT2D eigenvalue weighted by molar-refractivity contribution is 0.102. The monoisotopic (exact) mass is 534 g/mol. The number of ketones is 1. The Hall–Kier alpha value is -5.62. The van der Waals surface area contributed by atoms with Gasteiger partial charge in [0.1, 0.15) is 0 Å². The van der Waals surface area contributed by atoms with Crippen molar-refractivity contribution < 1.29 is 9.59 Å². The van der Waals surface area contributed by atoms with Crippen molar-refractivity contribution in [2.75, 3.05) is 10.6 Å². The first-order chi connectivity index (χ1) is 20.0. The number of hydrogen-bond acceptors (Lipinski definition) is 5. The number of benzene rings is 5. The third-order valence-corrected chi connectivity index (χ3v) is 6.76. The SMILES string of the molecule is Cc1ccc2nc(Nc3ccc(C(=O)Nc4ccccc4C(=O)c4ccccc4)cc3)nc(-c3ccccc3)c2c1. The summed E-state index contributed by atoms with van der Waals surface area (Å²) in [7, 11) is 0. The van der Waals surface area contributed by atoms with Crippen molar-refractivity contribution in [1.82, 2.24) is 9.97 Å². The molecule has 1 heterocycles. The predicted octanol–water partition coefficient (Wildman–Crippen LogP) is 7.83. The number of para-hydroxylation sites is 1. The highest BCUT2D eigenvalue weighted by molar-refractivity contribution is 6.15. The Morgan fingerprint density at radius 3 is 2.10 bits per heavy atom. The summed E-state index contributed by atoms with van der Waals surface area (Å²) in [6, 6.07) is 39.3. The zero-order chi connectivity index (χ0) is 28.2. The molecule has 0 atom stereocenters. The number of rotatable bonds is 7. The van der Waals surface area contributed by atoms with Crippen LogP contribution in [0.3, 0.4) is 0 Å². The molecule has 5 aromatic carbocycles. The van der Waals surface area contributed by atoms with Crippen LogP contribution in [0.4, 0.5) is 17.3 Å². The van der Waals surface area contributed by atoms with Gasteiger partial charge in [0.25, 0.3) is 5.91 Å². The number of nitrogens with one attached hydrogen (secondary N) is 2. The lowest BCUT2D eigenvalue weighted by Gasteiger charge is -2.12. The number of fused-ring (bicyclic) bond motifs is 1. The van der Waals surface area contributed by atoms with Crippen LogP contribution in [-0.4, -0.2) is 21.7 Å². The number of anilines is 3. The Morgan fingerprint density at radius 1 is 0.659 bits per heavy atom. The van der Waals surface area contributed by atoms with Gasteiger partial charge in [-0.3, -0.25) is 9.59 Å². The molecule has 0 aliphatic carbocycles. The molecule has 0 radical (unpaired) electrons.